The maximum atomic E-state index is 12.1. The molecule has 22 heavy (non-hydrogen) atoms. The van der Waals surface area contributed by atoms with E-state index >= 15 is 0 Å². The summed E-state index contributed by atoms with van der Waals surface area (Å²) in [7, 11) is 0. The molecule has 6 heteroatoms. The quantitative estimate of drug-likeness (QED) is 0.702. The van der Waals surface area contributed by atoms with Crippen molar-refractivity contribution < 1.29 is 19.4 Å². The number of carbonyl (C=O) groups excluding carboxylic acids is 1. The number of nitrogens with one attached hydrogen (secondary N) is 1. The van der Waals surface area contributed by atoms with Crippen molar-refractivity contribution in [2.24, 2.45) is 0 Å². The largest absolute Gasteiger partial charge is 0.497 e. The zero-order chi connectivity index (χ0) is 16.6. The molecule has 1 aliphatic rings. The van der Waals surface area contributed by atoms with Crippen molar-refractivity contribution in [1.82, 2.24) is 10.2 Å². The van der Waals surface area contributed by atoms with Gasteiger partial charge in [-0.2, -0.15) is 0 Å². The zero-order valence-corrected chi connectivity index (χ0v) is 14.2. The lowest BCUT2D eigenvalue weighted by Crippen LogP contribution is -2.44. The summed E-state index contributed by atoms with van der Waals surface area (Å²) < 4.78 is 10.8. The molecule has 0 bridgehead atoms. The highest BCUT2D eigenvalue weighted by Crippen LogP contribution is 2.11. The van der Waals surface area contributed by atoms with Crippen molar-refractivity contribution in [2.45, 2.75) is 58.3 Å². The van der Waals surface area contributed by atoms with Crippen LogP contribution in [-0.2, 0) is 9.47 Å². The van der Waals surface area contributed by atoms with E-state index in [9.17, 15) is 9.90 Å². The molecule has 0 fully saturated rings. The summed E-state index contributed by atoms with van der Waals surface area (Å²) >= 11 is 0. The van der Waals surface area contributed by atoms with E-state index in [1.54, 1.807) is 13.2 Å². The van der Waals surface area contributed by atoms with Crippen LogP contribution >= 0.6 is 0 Å². The number of allylic oxidation sites excluding steroid dienone is 1. The Balaban J connectivity index is 2.34. The van der Waals surface area contributed by atoms with Crippen molar-refractivity contribution >= 4 is 6.09 Å². The normalized spacial score (nSPS) is 19.4. The number of ether oxygens (including phenoxy) is 2. The van der Waals surface area contributed by atoms with E-state index in [0.717, 1.165) is 19.4 Å². The minimum absolute atomic E-state index is 0.191. The van der Waals surface area contributed by atoms with Crippen LogP contribution in [0.5, 0.6) is 0 Å². The second-order valence-corrected chi connectivity index (χ2v) is 6.69. The zero-order valence-electron chi connectivity index (χ0n) is 14.2. The number of hydrogen-bond acceptors (Lipinski definition) is 5. The molecule has 1 amide bonds. The van der Waals surface area contributed by atoms with Gasteiger partial charge in [-0.05, 0) is 46.6 Å². The second-order valence-electron chi connectivity index (χ2n) is 6.69. The minimum Gasteiger partial charge on any atom is -0.497 e. The fourth-order valence-electron chi connectivity index (χ4n) is 2.11. The molecule has 2 N–H and O–H groups in total. The standard InChI is InChI=1S/C16H30N2O4/c1-13(19)12-18(15(20)22-16(2,3)4)9-8-17-11-14-7-5-6-10-21-14/h6,10,13-14,17,19H,5,7-9,11-12H2,1-4H3. The molecule has 0 aromatic carbocycles. The van der Waals surface area contributed by atoms with Crippen LogP contribution in [0.1, 0.15) is 40.5 Å². The van der Waals surface area contributed by atoms with Crippen molar-refractivity contribution in [3.63, 3.8) is 0 Å². The Morgan fingerprint density at radius 3 is 2.82 bits per heavy atom. The average Bonchev–Trinajstić information content (AvgIpc) is 2.41. The van der Waals surface area contributed by atoms with Crippen LogP contribution in [0, 0.1) is 0 Å². The van der Waals surface area contributed by atoms with Gasteiger partial charge in [-0.3, -0.25) is 0 Å². The molecule has 0 aromatic rings. The van der Waals surface area contributed by atoms with Crippen molar-refractivity contribution in [1.29, 1.82) is 0 Å². The molecular formula is C16H30N2O4. The molecule has 1 heterocycles. The molecular weight excluding hydrogens is 284 g/mol. The Kier molecular flexibility index (Phi) is 7.68. The van der Waals surface area contributed by atoms with Gasteiger partial charge in [0.2, 0.25) is 0 Å². The molecule has 1 rings (SSSR count). The van der Waals surface area contributed by atoms with Gasteiger partial charge < -0.3 is 24.8 Å². The monoisotopic (exact) mass is 314 g/mol. The van der Waals surface area contributed by atoms with Gasteiger partial charge in [0.15, 0.2) is 0 Å². The van der Waals surface area contributed by atoms with Gasteiger partial charge in [0.25, 0.3) is 0 Å². The predicted molar refractivity (Wildman–Crippen MR) is 85.6 cm³/mol. The maximum absolute atomic E-state index is 12.1. The molecule has 2 unspecified atom stereocenters. The van der Waals surface area contributed by atoms with Crippen LogP contribution in [0.15, 0.2) is 12.3 Å². The Labute approximate surface area is 133 Å². The lowest BCUT2D eigenvalue weighted by molar-refractivity contribution is 0.0162. The lowest BCUT2D eigenvalue weighted by Gasteiger charge is -2.28. The van der Waals surface area contributed by atoms with E-state index in [1.165, 1.54) is 4.90 Å². The minimum atomic E-state index is -0.584. The van der Waals surface area contributed by atoms with Gasteiger partial charge in [0.1, 0.15) is 11.7 Å². The fourth-order valence-corrected chi connectivity index (χ4v) is 2.11. The summed E-state index contributed by atoms with van der Waals surface area (Å²) in [5, 5.41) is 12.8. The predicted octanol–water partition coefficient (Wildman–Crippen LogP) is 1.89. The van der Waals surface area contributed by atoms with Crippen LogP contribution in [0.25, 0.3) is 0 Å². The molecule has 1 aliphatic heterocycles. The Hall–Kier alpha value is -1.27. The first-order valence-electron chi connectivity index (χ1n) is 7.95. The molecule has 2 atom stereocenters. The first-order chi connectivity index (χ1) is 10.3. The van der Waals surface area contributed by atoms with Gasteiger partial charge in [-0.15, -0.1) is 0 Å². The van der Waals surface area contributed by atoms with Crippen LogP contribution < -0.4 is 5.32 Å². The number of aliphatic hydroxyl groups is 1. The van der Waals surface area contributed by atoms with E-state index in [1.807, 2.05) is 26.8 Å². The number of nitrogens with zero attached hydrogens (tertiary/aromatic N) is 1. The van der Waals surface area contributed by atoms with E-state index in [-0.39, 0.29) is 12.6 Å². The Morgan fingerprint density at radius 2 is 2.27 bits per heavy atom. The summed E-state index contributed by atoms with van der Waals surface area (Å²) in [6, 6.07) is 0. The first kappa shape index (κ1) is 18.8. The fraction of sp³-hybridized carbons (Fsp3) is 0.812. The third kappa shape index (κ3) is 8.24. The van der Waals surface area contributed by atoms with Gasteiger partial charge >= 0.3 is 6.09 Å². The van der Waals surface area contributed by atoms with Gasteiger partial charge in [-0.1, -0.05) is 0 Å². The number of amides is 1. The number of carbonyl (C=O) groups is 1. The van der Waals surface area contributed by atoms with Crippen molar-refractivity contribution in [3.8, 4) is 0 Å². The third-order valence-corrected chi connectivity index (χ3v) is 3.09. The second kappa shape index (κ2) is 9.00. The molecule has 0 aromatic heterocycles. The molecule has 0 saturated heterocycles. The third-order valence-electron chi connectivity index (χ3n) is 3.09. The molecule has 6 nitrogen and oxygen atoms in total. The maximum Gasteiger partial charge on any atom is 0.410 e. The Morgan fingerprint density at radius 1 is 1.55 bits per heavy atom. The summed E-state index contributed by atoms with van der Waals surface area (Å²) in [5.74, 6) is 0. The summed E-state index contributed by atoms with van der Waals surface area (Å²) in [5.41, 5.74) is -0.538. The van der Waals surface area contributed by atoms with Gasteiger partial charge in [0.05, 0.1) is 12.4 Å². The number of aliphatic hydroxyl groups excluding tert-OH is 1. The smallest absolute Gasteiger partial charge is 0.410 e. The SMILES string of the molecule is CC(O)CN(CCNCC1CCC=CO1)C(=O)OC(C)(C)C. The van der Waals surface area contributed by atoms with Crippen LogP contribution in [0.2, 0.25) is 0 Å². The van der Waals surface area contributed by atoms with Crippen LogP contribution in [0.3, 0.4) is 0 Å². The van der Waals surface area contributed by atoms with E-state index in [0.29, 0.717) is 13.1 Å². The van der Waals surface area contributed by atoms with Gasteiger partial charge in [0, 0.05) is 26.2 Å². The first-order valence-corrected chi connectivity index (χ1v) is 7.95. The topological polar surface area (TPSA) is 71.0 Å². The lowest BCUT2D eigenvalue weighted by atomic mass is 10.1. The van der Waals surface area contributed by atoms with E-state index in [2.05, 4.69) is 5.32 Å². The summed E-state index contributed by atoms with van der Waals surface area (Å²) in [6.45, 7) is 9.29. The average molecular weight is 314 g/mol. The van der Waals surface area contributed by atoms with Crippen LogP contribution in [-0.4, -0.2) is 60.1 Å². The highest BCUT2D eigenvalue weighted by atomic mass is 16.6. The molecule has 0 aliphatic carbocycles. The molecule has 0 saturated carbocycles. The summed E-state index contributed by atoms with van der Waals surface area (Å²) in [6.07, 6.45) is 5.02. The van der Waals surface area contributed by atoms with Gasteiger partial charge in [-0.25, -0.2) is 4.79 Å². The van der Waals surface area contributed by atoms with E-state index < -0.39 is 17.8 Å². The number of rotatable bonds is 7. The molecule has 0 radical (unpaired) electrons. The highest BCUT2D eigenvalue weighted by molar-refractivity contribution is 5.68. The Bertz CT molecular complexity index is 364. The molecule has 128 valence electrons. The molecule has 0 spiro atoms. The highest BCUT2D eigenvalue weighted by Gasteiger charge is 2.22. The summed E-state index contributed by atoms with van der Waals surface area (Å²) in [4.78, 5) is 13.7. The van der Waals surface area contributed by atoms with Crippen molar-refractivity contribution in [3.05, 3.63) is 12.3 Å². The van der Waals surface area contributed by atoms with Crippen molar-refractivity contribution in [2.75, 3.05) is 26.2 Å². The number of hydrogen-bond donors (Lipinski definition) is 2. The van der Waals surface area contributed by atoms with Crippen LogP contribution in [0.4, 0.5) is 4.79 Å². The van der Waals surface area contributed by atoms with E-state index in [4.69, 9.17) is 9.47 Å².